The van der Waals surface area contributed by atoms with Crippen molar-refractivity contribution in [3.63, 3.8) is 0 Å². The highest BCUT2D eigenvalue weighted by atomic mass is 16.5. The third-order valence-electron chi connectivity index (χ3n) is 3.93. The number of carbonyl (C=O) groups excluding carboxylic acids is 2. The lowest BCUT2D eigenvalue weighted by molar-refractivity contribution is -0.143. The standard InChI is InChI=1S/C13H21N3O5/c1-2-14-10(17)9-7-21-6-5-16(9)12(20)15-8-13(3-4-13)11(18)19/h9H,2-8H2,1H3,(H,14,17)(H,15,20)(H,18,19). The van der Waals surface area contributed by atoms with Crippen molar-refractivity contribution in [2.45, 2.75) is 25.8 Å². The lowest BCUT2D eigenvalue weighted by Gasteiger charge is -2.34. The maximum atomic E-state index is 12.2. The second-order valence-electron chi connectivity index (χ2n) is 5.42. The molecule has 0 aromatic heterocycles. The summed E-state index contributed by atoms with van der Waals surface area (Å²) in [4.78, 5) is 36.6. The third-order valence-corrected chi connectivity index (χ3v) is 3.93. The lowest BCUT2D eigenvalue weighted by atomic mass is 10.1. The number of carboxylic acids is 1. The van der Waals surface area contributed by atoms with Crippen molar-refractivity contribution in [2.75, 3.05) is 32.8 Å². The number of nitrogens with one attached hydrogen (secondary N) is 2. The molecule has 3 amide bonds. The zero-order valence-corrected chi connectivity index (χ0v) is 12.1. The van der Waals surface area contributed by atoms with E-state index in [4.69, 9.17) is 9.84 Å². The number of rotatable bonds is 5. The summed E-state index contributed by atoms with van der Waals surface area (Å²) < 4.78 is 5.25. The lowest BCUT2D eigenvalue weighted by Crippen LogP contribution is -2.58. The summed E-state index contributed by atoms with van der Waals surface area (Å²) in [6, 6.07) is -1.08. The molecule has 1 aliphatic heterocycles. The average molecular weight is 299 g/mol. The van der Waals surface area contributed by atoms with Crippen molar-refractivity contribution in [1.82, 2.24) is 15.5 Å². The fourth-order valence-electron chi connectivity index (χ4n) is 2.32. The Morgan fingerprint density at radius 2 is 2.05 bits per heavy atom. The number of hydrogen-bond acceptors (Lipinski definition) is 4. The molecule has 1 heterocycles. The van der Waals surface area contributed by atoms with Gasteiger partial charge in [0.15, 0.2) is 0 Å². The molecule has 1 atom stereocenters. The average Bonchev–Trinajstić information content (AvgIpc) is 3.26. The minimum absolute atomic E-state index is 0.0979. The first kappa shape index (κ1) is 15.6. The number of aliphatic carboxylic acids is 1. The smallest absolute Gasteiger partial charge is 0.318 e. The second-order valence-corrected chi connectivity index (χ2v) is 5.42. The van der Waals surface area contributed by atoms with Gasteiger partial charge in [-0.05, 0) is 19.8 Å². The Balaban J connectivity index is 1.92. The van der Waals surface area contributed by atoms with Gasteiger partial charge in [-0.3, -0.25) is 9.59 Å². The highest BCUT2D eigenvalue weighted by molar-refractivity contribution is 5.87. The minimum Gasteiger partial charge on any atom is -0.481 e. The molecule has 0 aromatic carbocycles. The zero-order valence-electron chi connectivity index (χ0n) is 12.1. The molecule has 0 spiro atoms. The van der Waals surface area contributed by atoms with Gasteiger partial charge in [-0.1, -0.05) is 0 Å². The van der Waals surface area contributed by atoms with Crippen LogP contribution in [-0.2, 0) is 14.3 Å². The first-order valence-corrected chi connectivity index (χ1v) is 7.13. The SMILES string of the molecule is CCNC(=O)C1COCCN1C(=O)NCC1(C(=O)O)CC1. The van der Waals surface area contributed by atoms with E-state index in [0.29, 0.717) is 32.5 Å². The fourth-order valence-corrected chi connectivity index (χ4v) is 2.32. The fraction of sp³-hybridized carbons (Fsp3) is 0.769. The second kappa shape index (κ2) is 6.30. The summed E-state index contributed by atoms with van der Waals surface area (Å²) in [6.45, 7) is 3.22. The maximum Gasteiger partial charge on any atom is 0.318 e. The van der Waals surface area contributed by atoms with E-state index in [9.17, 15) is 14.4 Å². The molecule has 0 aromatic rings. The molecule has 1 unspecified atom stereocenters. The number of morpholine rings is 1. The van der Waals surface area contributed by atoms with Crippen LogP contribution in [0.15, 0.2) is 0 Å². The van der Waals surface area contributed by atoms with E-state index in [1.54, 1.807) is 6.92 Å². The van der Waals surface area contributed by atoms with E-state index in [2.05, 4.69) is 10.6 Å². The van der Waals surface area contributed by atoms with Gasteiger partial charge in [0.25, 0.3) is 0 Å². The summed E-state index contributed by atoms with van der Waals surface area (Å²) in [6.07, 6.45) is 1.15. The predicted molar refractivity (Wildman–Crippen MR) is 72.7 cm³/mol. The number of nitrogens with zero attached hydrogens (tertiary/aromatic N) is 1. The number of likely N-dealkylation sites (N-methyl/N-ethyl adjacent to an activating group) is 1. The van der Waals surface area contributed by atoms with Crippen LogP contribution in [0.25, 0.3) is 0 Å². The van der Waals surface area contributed by atoms with Crippen LogP contribution >= 0.6 is 0 Å². The number of ether oxygens (including phenoxy) is 1. The van der Waals surface area contributed by atoms with E-state index in [0.717, 1.165) is 0 Å². The molecule has 3 N–H and O–H groups in total. The number of carboxylic acid groups (broad SMARTS) is 1. The first-order valence-electron chi connectivity index (χ1n) is 7.13. The Hall–Kier alpha value is -1.83. The molecule has 0 bridgehead atoms. The summed E-state index contributed by atoms with van der Waals surface area (Å²) in [5, 5.41) is 14.4. The topological polar surface area (TPSA) is 108 Å². The van der Waals surface area contributed by atoms with E-state index < -0.39 is 23.5 Å². The zero-order chi connectivity index (χ0) is 15.5. The van der Waals surface area contributed by atoms with Crippen LogP contribution in [0.1, 0.15) is 19.8 Å². The van der Waals surface area contributed by atoms with E-state index in [1.807, 2.05) is 0 Å². The van der Waals surface area contributed by atoms with Crippen molar-refractivity contribution in [3.05, 3.63) is 0 Å². The molecule has 2 rings (SSSR count). The van der Waals surface area contributed by atoms with Gasteiger partial charge < -0.3 is 25.4 Å². The Morgan fingerprint density at radius 3 is 2.62 bits per heavy atom. The predicted octanol–water partition coefficient (Wildman–Crippen LogP) is -0.602. The van der Waals surface area contributed by atoms with Gasteiger partial charge in [0, 0.05) is 19.6 Å². The van der Waals surface area contributed by atoms with Crippen molar-refractivity contribution in [2.24, 2.45) is 5.41 Å². The third kappa shape index (κ3) is 3.44. The summed E-state index contributed by atoms with van der Waals surface area (Å²) in [5.74, 6) is -1.14. The van der Waals surface area contributed by atoms with Gasteiger partial charge >= 0.3 is 12.0 Å². The first-order chi connectivity index (χ1) is 10.00. The van der Waals surface area contributed by atoms with Crippen molar-refractivity contribution in [3.8, 4) is 0 Å². The summed E-state index contributed by atoms with van der Waals surface area (Å²) >= 11 is 0. The van der Waals surface area contributed by atoms with E-state index >= 15 is 0 Å². The Morgan fingerprint density at radius 1 is 1.33 bits per heavy atom. The van der Waals surface area contributed by atoms with Crippen LogP contribution in [0.5, 0.6) is 0 Å². The van der Waals surface area contributed by atoms with Crippen molar-refractivity contribution in [1.29, 1.82) is 0 Å². The van der Waals surface area contributed by atoms with Crippen LogP contribution in [0.4, 0.5) is 4.79 Å². The molecule has 1 aliphatic carbocycles. The summed E-state index contributed by atoms with van der Waals surface area (Å²) in [5.41, 5.74) is -0.816. The molecule has 2 aliphatic rings. The molecule has 2 fully saturated rings. The Kier molecular flexibility index (Phi) is 4.66. The van der Waals surface area contributed by atoms with Crippen LogP contribution in [0, 0.1) is 5.41 Å². The van der Waals surface area contributed by atoms with Crippen molar-refractivity contribution >= 4 is 17.9 Å². The molecule has 8 nitrogen and oxygen atoms in total. The number of hydrogen-bond donors (Lipinski definition) is 3. The highest BCUT2D eigenvalue weighted by Gasteiger charge is 2.50. The van der Waals surface area contributed by atoms with Gasteiger partial charge in [0.2, 0.25) is 5.91 Å². The van der Waals surface area contributed by atoms with Gasteiger partial charge in [0.05, 0.1) is 18.6 Å². The van der Waals surface area contributed by atoms with Crippen LogP contribution < -0.4 is 10.6 Å². The van der Waals surface area contributed by atoms with E-state index in [1.165, 1.54) is 4.90 Å². The molecule has 1 saturated carbocycles. The molecular formula is C13H21N3O5. The van der Waals surface area contributed by atoms with Crippen LogP contribution in [0.2, 0.25) is 0 Å². The van der Waals surface area contributed by atoms with Gasteiger partial charge in [-0.25, -0.2) is 4.79 Å². The Labute approximate surface area is 122 Å². The number of amides is 3. The Bertz CT molecular complexity index is 436. The van der Waals surface area contributed by atoms with Crippen LogP contribution in [-0.4, -0.2) is 66.8 Å². The molecule has 1 saturated heterocycles. The largest absolute Gasteiger partial charge is 0.481 e. The minimum atomic E-state index is -0.884. The highest BCUT2D eigenvalue weighted by Crippen LogP contribution is 2.45. The van der Waals surface area contributed by atoms with Gasteiger partial charge in [0.1, 0.15) is 6.04 Å². The molecule has 21 heavy (non-hydrogen) atoms. The molecule has 0 radical (unpaired) electrons. The molecular weight excluding hydrogens is 278 g/mol. The van der Waals surface area contributed by atoms with E-state index in [-0.39, 0.29) is 19.1 Å². The maximum absolute atomic E-state index is 12.2. The normalized spacial score (nSPS) is 23.3. The van der Waals surface area contributed by atoms with Crippen LogP contribution in [0.3, 0.4) is 0 Å². The summed E-state index contributed by atoms with van der Waals surface area (Å²) in [7, 11) is 0. The van der Waals surface area contributed by atoms with Gasteiger partial charge in [-0.2, -0.15) is 0 Å². The quantitative estimate of drug-likeness (QED) is 0.628. The number of carbonyl (C=O) groups is 3. The van der Waals surface area contributed by atoms with Gasteiger partial charge in [-0.15, -0.1) is 0 Å². The monoisotopic (exact) mass is 299 g/mol. The molecule has 8 heteroatoms. The molecule has 118 valence electrons. The van der Waals surface area contributed by atoms with Crippen molar-refractivity contribution < 1.29 is 24.2 Å². The number of urea groups is 1.